The average Bonchev–Trinajstić information content (AvgIpc) is 3.05. The van der Waals surface area contributed by atoms with Gasteiger partial charge in [-0.15, -0.1) is 5.10 Å². The predicted octanol–water partition coefficient (Wildman–Crippen LogP) is 1.34. The van der Waals surface area contributed by atoms with Crippen molar-refractivity contribution in [1.29, 1.82) is 0 Å². The molecule has 4 heteroatoms. The summed E-state index contributed by atoms with van der Waals surface area (Å²) in [6, 6.07) is 4.00. The number of rotatable bonds is 4. The lowest BCUT2D eigenvalue weighted by Crippen LogP contribution is -2.16. The van der Waals surface area contributed by atoms with E-state index in [1.165, 1.54) is 19.3 Å². The van der Waals surface area contributed by atoms with Crippen LogP contribution in [0.25, 0.3) is 0 Å². The predicted molar refractivity (Wildman–Crippen MR) is 60.5 cm³/mol. The zero-order valence-corrected chi connectivity index (χ0v) is 9.35. The van der Waals surface area contributed by atoms with Gasteiger partial charge in [-0.05, 0) is 31.9 Å². The first-order valence-electron chi connectivity index (χ1n) is 6.09. The Morgan fingerprint density at radius 2 is 2.19 bits per heavy atom. The number of nitrogens with zero attached hydrogens (tertiary/aromatic N) is 2. The van der Waals surface area contributed by atoms with Crippen LogP contribution in [0, 0.1) is 5.92 Å². The van der Waals surface area contributed by atoms with Gasteiger partial charge >= 0.3 is 0 Å². The van der Waals surface area contributed by atoms with Crippen molar-refractivity contribution >= 4 is 0 Å². The Balaban J connectivity index is 1.53. The quantitative estimate of drug-likeness (QED) is 0.830. The van der Waals surface area contributed by atoms with Gasteiger partial charge in [0.25, 0.3) is 0 Å². The molecule has 16 heavy (non-hydrogen) atoms. The molecule has 86 valence electrons. The Hall–Kier alpha value is -1.16. The normalized spacial score (nSPS) is 24.6. The first kappa shape index (κ1) is 10.0. The first-order chi connectivity index (χ1) is 7.92. The zero-order valence-electron chi connectivity index (χ0n) is 9.35. The Labute approximate surface area is 95.4 Å². The van der Waals surface area contributed by atoms with E-state index in [0.29, 0.717) is 17.7 Å². The van der Waals surface area contributed by atoms with Crippen LogP contribution >= 0.6 is 0 Å². The summed E-state index contributed by atoms with van der Waals surface area (Å²) >= 11 is 0. The van der Waals surface area contributed by atoms with E-state index in [1.54, 1.807) is 0 Å². The number of aromatic nitrogens is 2. The summed E-state index contributed by atoms with van der Waals surface area (Å²) < 4.78 is 5.63. The van der Waals surface area contributed by atoms with Gasteiger partial charge in [0.1, 0.15) is 0 Å². The SMILES string of the molecule is c1cc(C2CC2)nnc1OCC1CCNC1. The lowest BCUT2D eigenvalue weighted by Gasteiger charge is -2.09. The van der Waals surface area contributed by atoms with E-state index in [9.17, 15) is 0 Å². The molecule has 1 N–H and O–H groups in total. The van der Waals surface area contributed by atoms with E-state index in [0.717, 1.165) is 25.4 Å². The molecule has 1 unspecified atom stereocenters. The third-order valence-corrected chi connectivity index (χ3v) is 3.29. The minimum absolute atomic E-state index is 0.630. The molecule has 1 atom stereocenters. The van der Waals surface area contributed by atoms with Crippen LogP contribution in [0.2, 0.25) is 0 Å². The van der Waals surface area contributed by atoms with Crippen LogP contribution in [0.1, 0.15) is 30.9 Å². The fraction of sp³-hybridized carbons (Fsp3) is 0.667. The second kappa shape index (κ2) is 4.37. The van der Waals surface area contributed by atoms with Crippen LogP contribution in [0.4, 0.5) is 0 Å². The van der Waals surface area contributed by atoms with Crippen molar-refractivity contribution < 1.29 is 4.74 Å². The Bertz CT molecular complexity index is 342. The van der Waals surface area contributed by atoms with Crippen molar-refractivity contribution in [2.45, 2.75) is 25.2 Å². The molecule has 0 amide bonds. The van der Waals surface area contributed by atoms with Gasteiger partial charge in [0.15, 0.2) is 0 Å². The van der Waals surface area contributed by atoms with Crippen LogP contribution in [0.5, 0.6) is 5.88 Å². The van der Waals surface area contributed by atoms with E-state index >= 15 is 0 Å². The fourth-order valence-corrected chi connectivity index (χ4v) is 2.06. The smallest absolute Gasteiger partial charge is 0.233 e. The average molecular weight is 219 g/mol. The number of hydrogen-bond acceptors (Lipinski definition) is 4. The molecular weight excluding hydrogens is 202 g/mol. The highest BCUT2D eigenvalue weighted by Crippen LogP contribution is 2.38. The van der Waals surface area contributed by atoms with E-state index in [1.807, 2.05) is 12.1 Å². The summed E-state index contributed by atoms with van der Waals surface area (Å²) in [5.74, 6) is 1.96. The molecule has 1 aliphatic carbocycles. The molecular formula is C12H17N3O. The standard InChI is InChI=1S/C12H17N3O/c1-2-10(1)11-3-4-12(15-14-11)16-8-9-5-6-13-7-9/h3-4,9-10,13H,1-2,5-8H2. The highest BCUT2D eigenvalue weighted by Gasteiger charge is 2.25. The zero-order chi connectivity index (χ0) is 10.8. The van der Waals surface area contributed by atoms with Crippen molar-refractivity contribution in [3.05, 3.63) is 17.8 Å². The molecule has 1 saturated heterocycles. The van der Waals surface area contributed by atoms with Crippen LogP contribution in [-0.4, -0.2) is 29.9 Å². The molecule has 0 bridgehead atoms. The van der Waals surface area contributed by atoms with E-state index in [-0.39, 0.29) is 0 Å². The van der Waals surface area contributed by atoms with Crippen molar-refractivity contribution in [2.24, 2.45) is 5.92 Å². The number of nitrogens with one attached hydrogen (secondary N) is 1. The molecule has 1 saturated carbocycles. The fourth-order valence-electron chi connectivity index (χ4n) is 2.06. The van der Waals surface area contributed by atoms with E-state index in [2.05, 4.69) is 15.5 Å². The van der Waals surface area contributed by atoms with Gasteiger partial charge in [-0.2, -0.15) is 5.10 Å². The highest BCUT2D eigenvalue weighted by atomic mass is 16.5. The summed E-state index contributed by atoms with van der Waals surface area (Å²) in [4.78, 5) is 0. The Kier molecular flexibility index (Phi) is 2.74. The first-order valence-corrected chi connectivity index (χ1v) is 6.09. The number of ether oxygens (including phenoxy) is 1. The summed E-state index contributed by atoms with van der Waals surface area (Å²) in [5.41, 5.74) is 1.12. The van der Waals surface area contributed by atoms with Gasteiger partial charge in [-0.1, -0.05) is 0 Å². The number of hydrogen-bond donors (Lipinski definition) is 1. The van der Waals surface area contributed by atoms with Gasteiger partial charge in [-0.25, -0.2) is 0 Å². The van der Waals surface area contributed by atoms with Gasteiger partial charge in [0, 0.05) is 24.4 Å². The van der Waals surface area contributed by atoms with Crippen LogP contribution in [-0.2, 0) is 0 Å². The van der Waals surface area contributed by atoms with Crippen molar-refractivity contribution in [2.75, 3.05) is 19.7 Å². The molecule has 1 aliphatic heterocycles. The van der Waals surface area contributed by atoms with Gasteiger partial charge in [-0.3, -0.25) is 0 Å². The van der Waals surface area contributed by atoms with Crippen LogP contribution in [0.15, 0.2) is 12.1 Å². The maximum atomic E-state index is 5.63. The summed E-state index contributed by atoms with van der Waals surface area (Å²) in [6.07, 6.45) is 3.73. The lowest BCUT2D eigenvalue weighted by atomic mass is 10.1. The molecule has 3 rings (SSSR count). The molecule has 0 aromatic carbocycles. The van der Waals surface area contributed by atoms with Crippen molar-refractivity contribution in [1.82, 2.24) is 15.5 Å². The second-order valence-corrected chi connectivity index (χ2v) is 4.74. The highest BCUT2D eigenvalue weighted by molar-refractivity contribution is 5.17. The van der Waals surface area contributed by atoms with Crippen LogP contribution in [0.3, 0.4) is 0 Å². The summed E-state index contributed by atoms with van der Waals surface area (Å²) in [5, 5.41) is 11.6. The lowest BCUT2D eigenvalue weighted by molar-refractivity contribution is 0.248. The largest absolute Gasteiger partial charge is 0.476 e. The van der Waals surface area contributed by atoms with E-state index in [4.69, 9.17) is 4.74 Å². The van der Waals surface area contributed by atoms with Gasteiger partial charge in [0.2, 0.25) is 5.88 Å². The molecule has 0 spiro atoms. The van der Waals surface area contributed by atoms with Crippen molar-refractivity contribution in [3.8, 4) is 5.88 Å². The van der Waals surface area contributed by atoms with Crippen molar-refractivity contribution in [3.63, 3.8) is 0 Å². The molecule has 1 aromatic heterocycles. The molecule has 1 aromatic rings. The third-order valence-electron chi connectivity index (χ3n) is 3.29. The Morgan fingerprint density at radius 1 is 1.25 bits per heavy atom. The summed E-state index contributed by atoms with van der Waals surface area (Å²) in [6.45, 7) is 2.93. The maximum Gasteiger partial charge on any atom is 0.233 e. The Morgan fingerprint density at radius 3 is 2.81 bits per heavy atom. The molecule has 2 fully saturated rings. The molecule has 2 heterocycles. The molecule has 2 aliphatic rings. The monoisotopic (exact) mass is 219 g/mol. The topological polar surface area (TPSA) is 47.0 Å². The van der Waals surface area contributed by atoms with Crippen LogP contribution < -0.4 is 10.1 Å². The maximum absolute atomic E-state index is 5.63. The van der Waals surface area contributed by atoms with Gasteiger partial charge in [0.05, 0.1) is 12.3 Å². The van der Waals surface area contributed by atoms with Gasteiger partial charge < -0.3 is 10.1 Å². The molecule has 0 radical (unpaired) electrons. The third kappa shape index (κ3) is 2.32. The summed E-state index contributed by atoms with van der Waals surface area (Å²) in [7, 11) is 0. The minimum Gasteiger partial charge on any atom is -0.476 e. The van der Waals surface area contributed by atoms with E-state index < -0.39 is 0 Å². The second-order valence-electron chi connectivity index (χ2n) is 4.74. The molecule has 4 nitrogen and oxygen atoms in total. The minimum atomic E-state index is 0.630.